The molecule has 0 aromatic rings. The molecule has 0 radical (unpaired) electrons. The zero-order valence-corrected chi connectivity index (χ0v) is 5.73. The number of rotatable bonds is 2. The number of hydrogen-bond donors (Lipinski definition) is 0. The standard InChI is InChI=1S/C5H9ClO2/c1-4(6)3-5(7)8-2/h4H,3H2,1-2H3/t4-/m0/s1. The van der Waals surface area contributed by atoms with Crippen LogP contribution in [-0.4, -0.2) is 18.5 Å². The van der Waals surface area contributed by atoms with Crippen molar-refractivity contribution in [2.24, 2.45) is 0 Å². The van der Waals surface area contributed by atoms with Gasteiger partial charge in [-0.2, -0.15) is 0 Å². The molecule has 0 saturated carbocycles. The summed E-state index contributed by atoms with van der Waals surface area (Å²) in [5.74, 6) is -0.257. The fraction of sp³-hybridized carbons (Fsp3) is 0.800. The van der Waals surface area contributed by atoms with Crippen LogP contribution in [-0.2, 0) is 9.53 Å². The van der Waals surface area contributed by atoms with Gasteiger partial charge in [0.05, 0.1) is 13.5 Å². The van der Waals surface area contributed by atoms with Gasteiger partial charge in [0, 0.05) is 5.38 Å². The van der Waals surface area contributed by atoms with Gasteiger partial charge in [-0.15, -0.1) is 11.6 Å². The third kappa shape index (κ3) is 3.93. The number of halogens is 1. The predicted molar refractivity (Wildman–Crippen MR) is 31.9 cm³/mol. The van der Waals surface area contributed by atoms with E-state index in [1.807, 2.05) is 0 Å². The highest BCUT2D eigenvalue weighted by Gasteiger charge is 2.03. The molecular weight excluding hydrogens is 128 g/mol. The molecule has 0 spiro atoms. The quantitative estimate of drug-likeness (QED) is 0.421. The van der Waals surface area contributed by atoms with E-state index in [0.717, 1.165) is 0 Å². The van der Waals surface area contributed by atoms with Gasteiger partial charge in [0.25, 0.3) is 0 Å². The fourth-order valence-electron chi connectivity index (χ4n) is 0.313. The zero-order valence-electron chi connectivity index (χ0n) is 4.98. The molecule has 0 unspecified atom stereocenters. The second kappa shape index (κ2) is 3.72. The van der Waals surface area contributed by atoms with E-state index in [9.17, 15) is 4.79 Å². The average Bonchev–Trinajstić information content (AvgIpc) is 1.65. The molecule has 0 aliphatic rings. The van der Waals surface area contributed by atoms with Gasteiger partial charge in [-0.05, 0) is 6.92 Å². The number of carbonyl (C=O) groups is 1. The van der Waals surface area contributed by atoms with Crippen LogP contribution in [0.5, 0.6) is 0 Å². The highest BCUT2D eigenvalue weighted by molar-refractivity contribution is 6.21. The SMILES string of the molecule is COC(=O)C[C@H](C)Cl. The zero-order chi connectivity index (χ0) is 6.57. The van der Waals surface area contributed by atoms with Crippen LogP contribution in [0.2, 0.25) is 0 Å². The molecular formula is C5H9ClO2. The highest BCUT2D eigenvalue weighted by atomic mass is 35.5. The Balaban J connectivity index is 3.25. The summed E-state index contributed by atoms with van der Waals surface area (Å²) in [7, 11) is 1.35. The van der Waals surface area contributed by atoms with E-state index in [4.69, 9.17) is 11.6 Å². The van der Waals surface area contributed by atoms with Gasteiger partial charge in [-0.3, -0.25) is 4.79 Å². The molecule has 3 heteroatoms. The normalized spacial score (nSPS) is 12.9. The molecule has 8 heavy (non-hydrogen) atoms. The third-order valence-electron chi connectivity index (χ3n) is 0.676. The lowest BCUT2D eigenvalue weighted by atomic mass is 10.3. The monoisotopic (exact) mass is 136 g/mol. The first-order valence-corrected chi connectivity index (χ1v) is 2.81. The number of hydrogen-bond acceptors (Lipinski definition) is 2. The molecule has 1 atom stereocenters. The maximum atomic E-state index is 10.3. The third-order valence-corrected chi connectivity index (χ3v) is 0.830. The molecule has 0 aromatic carbocycles. The van der Waals surface area contributed by atoms with E-state index in [-0.39, 0.29) is 17.8 Å². The Morgan fingerprint density at radius 2 is 2.38 bits per heavy atom. The molecule has 0 fully saturated rings. The van der Waals surface area contributed by atoms with Crippen LogP contribution < -0.4 is 0 Å². The summed E-state index contributed by atoms with van der Waals surface area (Å²) in [6.45, 7) is 1.75. The molecule has 0 rings (SSSR count). The van der Waals surface area contributed by atoms with Crippen LogP contribution in [0.4, 0.5) is 0 Å². The Kier molecular flexibility index (Phi) is 3.61. The van der Waals surface area contributed by atoms with Crippen molar-refractivity contribution in [3.63, 3.8) is 0 Å². The summed E-state index contributed by atoms with van der Waals surface area (Å²) < 4.78 is 4.34. The molecule has 0 aromatic heterocycles. The lowest BCUT2D eigenvalue weighted by Crippen LogP contribution is -2.05. The van der Waals surface area contributed by atoms with Gasteiger partial charge in [-0.25, -0.2) is 0 Å². The molecule has 0 heterocycles. The van der Waals surface area contributed by atoms with Crippen molar-refractivity contribution in [2.75, 3.05) is 7.11 Å². The lowest BCUT2D eigenvalue weighted by Gasteiger charge is -1.97. The highest BCUT2D eigenvalue weighted by Crippen LogP contribution is 1.99. The lowest BCUT2D eigenvalue weighted by molar-refractivity contribution is -0.140. The summed E-state index contributed by atoms with van der Waals surface area (Å²) in [5.41, 5.74) is 0. The summed E-state index contributed by atoms with van der Waals surface area (Å²) in [6, 6.07) is 0. The summed E-state index contributed by atoms with van der Waals surface area (Å²) in [5, 5.41) is -0.123. The fourth-order valence-corrected chi connectivity index (χ4v) is 0.439. The average molecular weight is 137 g/mol. The van der Waals surface area contributed by atoms with Gasteiger partial charge >= 0.3 is 5.97 Å². The van der Waals surface area contributed by atoms with E-state index in [0.29, 0.717) is 0 Å². The van der Waals surface area contributed by atoms with Crippen molar-refractivity contribution in [3.8, 4) is 0 Å². The van der Waals surface area contributed by atoms with Crippen LogP contribution in [0.3, 0.4) is 0 Å². The van der Waals surface area contributed by atoms with Gasteiger partial charge in [0.1, 0.15) is 0 Å². The first kappa shape index (κ1) is 7.76. The maximum absolute atomic E-state index is 10.3. The minimum Gasteiger partial charge on any atom is -0.469 e. The van der Waals surface area contributed by atoms with E-state index >= 15 is 0 Å². The van der Waals surface area contributed by atoms with Crippen molar-refractivity contribution >= 4 is 17.6 Å². The van der Waals surface area contributed by atoms with Crippen molar-refractivity contribution < 1.29 is 9.53 Å². The van der Waals surface area contributed by atoms with E-state index < -0.39 is 0 Å². The molecule has 0 amide bonds. The molecule has 48 valence electrons. The Bertz CT molecular complexity index is 80.5. The number of carbonyl (C=O) groups excluding carboxylic acids is 1. The smallest absolute Gasteiger partial charge is 0.306 e. The van der Waals surface area contributed by atoms with E-state index in [1.165, 1.54) is 7.11 Å². The Morgan fingerprint density at radius 1 is 1.88 bits per heavy atom. The van der Waals surface area contributed by atoms with Crippen LogP contribution >= 0.6 is 11.6 Å². The van der Waals surface area contributed by atoms with Crippen molar-refractivity contribution in [1.82, 2.24) is 0 Å². The second-order valence-electron chi connectivity index (χ2n) is 1.56. The molecule has 0 saturated heterocycles. The first-order valence-electron chi connectivity index (χ1n) is 2.37. The Morgan fingerprint density at radius 3 is 2.50 bits per heavy atom. The van der Waals surface area contributed by atoms with Crippen molar-refractivity contribution in [1.29, 1.82) is 0 Å². The number of ether oxygens (including phenoxy) is 1. The minimum atomic E-state index is -0.257. The number of esters is 1. The largest absolute Gasteiger partial charge is 0.469 e. The summed E-state index contributed by atoms with van der Waals surface area (Å²) in [4.78, 5) is 10.3. The van der Waals surface area contributed by atoms with E-state index in [2.05, 4.69) is 4.74 Å². The molecule has 0 aliphatic carbocycles. The van der Waals surface area contributed by atoms with Gasteiger partial charge < -0.3 is 4.74 Å². The molecule has 0 bridgehead atoms. The number of alkyl halides is 1. The predicted octanol–water partition coefficient (Wildman–Crippen LogP) is 1.18. The number of methoxy groups -OCH3 is 1. The van der Waals surface area contributed by atoms with Crippen LogP contribution in [0.15, 0.2) is 0 Å². The molecule has 2 nitrogen and oxygen atoms in total. The minimum absolute atomic E-state index is 0.123. The van der Waals surface area contributed by atoms with Crippen molar-refractivity contribution in [3.05, 3.63) is 0 Å². The van der Waals surface area contributed by atoms with Gasteiger partial charge in [0.15, 0.2) is 0 Å². The maximum Gasteiger partial charge on any atom is 0.306 e. The topological polar surface area (TPSA) is 26.3 Å². The van der Waals surface area contributed by atoms with Gasteiger partial charge in [0.2, 0.25) is 0 Å². The van der Waals surface area contributed by atoms with E-state index in [1.54, 1.807) is 6.92 Å². The van der Waals surface area contributed by atoms with Crippen LogP contribution in [0.25, 0.3) is 0 Å². The molecule has 0 aliphatic heterocycles. The Hall–Kier alpha value is -0.240. The van der Waals surface area contributed by atoms with Crippen molar-refractivity contribution in [2.45, 2.75) is 18.7 Å². The molecule has 0 N–H and O–H groups in total. The van der Waals surface area contributed by atoms with Crippen LogP contribution in [0, 0.1) is 0 Å². The van der Waals surface area contributed by atoms with Crippen LogP contribution in [0.1, 0.15) is 13.3 Å². The second-order valence-corrected chi connectivity index (χ2v) is 2.31. The summed E-state index contributed by atoms with van der Waals surface area (Å²) in [6.07, 6.45) is 0.290. The summed E-state index contributed by atoms with van der Waals surface area (Å²) >= 11 is 5.45. The first-order chi connectivity index (χ1) is 3.66. The Labute approximate surface area is 53.8 Å². The van der Waals surface area contributed by atoms with Gasteiger partial charge in [-0.1, -0.05) is 0 Å².